The maximum absolute atomic E-state index is 12.4. The minimum Gasteiger partial charge on any atom is -0.469 e. The molecule has 1 amide bonds. The summed E-state index contributed by atoms with van der Waals surface area (Å²) in [5, 5.41) is 0. The lowest BCUT2D eigenvalue weighted by molar-refractivity contribution is -0.142. The highest BCUT2D eigenvalue weighted by Gasteiger charge is 2.20. The van der Waals surface area contributed by atoms with E-state index in [1.165, 1.54) is 7.11 Å². The molecule has 0 heterocycles. The quantitative estimate of drug-likeness (QED) is 0.627. The van der Waals surface area contributed by atoms with Crippen molar-refractivity contribution < 1.29 is 14.3 Å². The number of nitrogens with two attached hydrogens (primary N) is 1. The highest BCUT2D eigenvalue weighted by molar-refractivity contribution is 5.77. The lowest BCUT2D eigenvalue weighted by Gasteiger charge is -2.26. The third kappa shape index (κ3) is 9.45. The molecule has 0 rings (SSSR count). The Morgan fingerprint density at radius 3 is 2.19 bits per heavy atom. The van der Waals surface area contributed by atoms with Crippen molar-refractivity contribution in [3.63, 3.8) is 0 Å². The van der Waals surface area contributed by atoms with Gasteiger partial charge in [-0.2, -0.15) is 0 Å². The van der Waals surface area contributed by atoms with Crippen LogP contribution >= 0.6 is 0 Å². The molecule has 124 valence electrons. The first-order valence-electron chi connectivity index (χ1n) is 7.84. The molecule has 0 spiro atoms. The van der Waals surface area contributed by atoms with Gasteiger partial charge in [0, 0.05) is 19.5 Å². The largest absolute Gasteiger partial charge is 0.469 e. The fraction of sp³-hybridized carbons (Fsp3) is 0.875. The minimum atomic E-state index is -0.283. The molecule has 0 aliphatic heterocycles. The van der Waals surface area contributed by atoms with Crippen molar-refractivity contribution in [1.29, 1.82) is 0 Å². The molecule has 2 N–H and O–H groups in total. The maximum Gasteiger partial charge on any atom is 0.307 e. The standard InChI is InChI=1S/C16H32N2O3/c1-12(2)8-14(10-17)9-15(19)18(11-13(3)4)7-6-16(20)21-5/h12-14H,6-11,17H2,1-5H3. The van der Waals surface area contributed by atoms with Gasteiger partial charge in [-0.15, -0.1) is 0 Å². The Morgan fingerprint density at radius 1 is 1.14 bits per heavy atom. The third-order valence-corrected chi connectivity index (χ3v) is 3.35. The Morgan fingerprint density at radius 2 is 1.76 bits per heavy atom. The van der Waals surface area contributed by atoms with Gasteiger partial charge in [-0.3, -0.25) is 9.59 Å². The van der Waals surface area contributed by atoms with Gasteiger partial charge in [-0.1, -0.05) is 27.7 Å². The van der Waals surface area contributed by atoms with Crippen LogP contribution in [0.5, 0.6) is 0 Å². The zero-order valence-electron chi connectivity index (χ0n) is 14.2. The molecule has 0 aromatic heterocycles. The third-order valence-electron chi connectivity index (χ3n) is 3.35. The van der Waals surface area contributed by atoms with E-state index in [9.17, 15) is 9.59 Å². The van der Waals surface area contributed by atoms with Gasteiger partial charge in [0.25, 0.3) is 0 Å². The van der Waals surface area contributed by atoms with E-state index < -0.39 is 0 Å². The molecule has 5 heteroatoms. The summed E-state index contributed by atoms with van der Waals surface area (Å²) in [4.78, 5) is 25.5. The molecular weight excluding hydrogens is 268 g/mol. The van der Waals surface area contributed by atoms with E-state index >= 15 is 0 Å². The molecule has 1 atom stereocenters. The molecule has 21 heavy (non-hydrogen) atoms. The summed E-state index contributed by atoms with van der Waals surface area (Å²) in [6, 6.07) is 0. The monoisotopic (exact) mass is 300 g/mol. The number of amides is 1. The van der Waals surface area contributed by atoms with Gasteiger partial charge in [0.15, 0.2) is 0 Å². The SMILES string of the molecule is COC(=O)CCN(CC(C)C)C(=O)CC(CN)CC(C)C. The molecular formula is C16H32N2O3. The number of methoxy groups -OCH3 is 1. The number of hydrogen-bond donors (Lipinski definition) is 1. The lowest BCUT2D eigenvalue weighted by atomic mass is 9.93. The zero-order valence-corrected chi connectivity index (χ0v) is 14.2. The van der Waals surface area contributed by atoms with Crippen LogP contribution in [0.2, 0.25) is 0 Å². The Hall–Kier alpha value is -1.10. The highest BCUT2D eigenvalue weighted by atomic mass is 16.5. The average molecular weight is 300 g/mol. The number of rotatable bonds is 10. The van der Waals surface area contributed by atoms with Crippen LogP contribution in [0.1, 0.15) is 47.0 Å². The van der Waals surface area contributed by atoms with Crippen LogP contribution in [0.3, 0.4) is 0 Å². The molecule has 0 aromatic carbocycles. The van der Waals surface area contributed by atoms with E-state index in [4.69, 9.17) is 5.73 Å². The van der Waals surface area contributed by atoms with E-state index in [1.807, 2.05) is 0 Å². The number of nitrogens with zero attached hydrogens (tertiary/aromatic N) is 1. The summed E-state index contributed by atoms with van der Waals surface area (Å²) in [7, 11) is 1.37. The molecule has 0 saturated carbocycles. The van der Waals surface area contributed by atoms with Crippen molar-refractivity contribution in [2.45, 2.75) is 47.0 Å². The van der Waals surface area contributed by atoms with E-state index in [2.05, 4.69) is 32.4 Å². The number of esters is 1. The second kappa shape index (κ2) is 10.6. The number of carbonyl (C=O) groups excluding carboxylic acids is 2. The minimum absolute atomic E-state index is 0.0868. The van der Waals surface area contributed by atoms with Gasteiger partial charge >= 0.3 is 5.97 Å². The lowest BCUT2D eigenvalue weighted by Crippen LogP contribution is -2.38. The molecule has 0 aliphatic rings. The molecule has 0 radical (unpaired) electrons. The number of carbonyl (C=O) groups is 2. The van der Waals surface area contributed by atoms with Crippen molar-refractivity contribution in [1.82, 2.24) is 4.90 Å². The van der Waals surface area contributed by atoms with E-state index in [0.717, 1.165) is 6.42 Å². The molecule has 0 aromatic rings. The van der Waals surface area contributed by atoms with Gasteiger partial charge in [0.1, 0.15) is 0 Å². The van der Waals surface area contributed by atoms with Crippen molar-refractivity contribution in [3.05, 3.63) is 0 Å². The fourth-order valence-electron chi connectivity index (χ4n) is 2.39. The van der Waals surface area contributed by atoms with E-state index in [-0.39, 0.29) is 24.2 Å². The predicted octanol–water partition coefficient (Wildman–Crippen LogP) is 2.05. The van der Waals surface area contributed by atoms with Crippen LogP contribution in [0.15, 0.2) is 0 Å². The summed E-state index contributed by atoms with van der Waals surface area (Å²) >= 11 is 0. The van der Waals surface area contributed by atoms with Crippen molar-refractivity contribution >= 4 is 11.9 Å². The average Bonchev–Trinajstić information content (AvgIpc) is 2.40. The summed E-state index contributed by atoms with van der Waals surface area (Å²) in [5.41, 5.74) is 5.77. The van der Waals surface area contributed by atoms with E-state index in [1.54, 1.807) is 4.90 Å². The predicted molar refractivity (Wildman–Crippen MR) is 84.7 cm³/mol. The van der Waals surface area contributed by atoms with Gasteiger partial charge in [-0.05, 0) is 30.7 Å². The molecule has 0 saturated heterocycles. The highest BCUT2D eigenvalue weighted by Crippen LogP contribution is 2.16. The van der Waals surface area contributed by atoms with Crippen molar-refractivity contribution in [2.75, 3.05) is 26.7 Å². The fourth-order valence-corrected chi connectivity index (χ4v) is 2.39. The van der Waals surface area contributed by atoms with E-state index in [0.29, 0.717) is 37.9 Å². The van der Waals surface area contributed by atoms with Crippen LogP contribution in [0, 0.1) is 17.8 Å². The first kappa shape index (κ1) is 19.9. The topological polar surface area (TPSA) is 72.6 Å². The maximum atomic E-state index is 12.4. The van der Waals surface area contributed by atoms with Gasteiger partial charge < -0.3 is 15.4 Å². The summed E-state index contributed by atoms with van der Waals surface area (Å²) in [5.74, 6) is 0.913. The van der Waals surface area contributed by atoms with Gasteiger partial charge in [-0.25, -0.2) is 0 Å². The second-order valence-electron chi connectivity index (χ2n) is 6.50. The first-order valence-corrected chi connectivity index (χ1v) is 7.84. The van der Waals surface area contributed by atoms with Crippen LogP contribution in [0.25, 0.3) is 0 Å². The van der Waals surface area contributed by atoms with Crippen LogP contribution < -0.4 is 5.73 Å². The van der Waals surface area contributed by atoms with Crippen LogP contribution in [-0.4, -0.2) is 43.5 Å². The Labute approximate surface area is 129 Å². The van der Waals surface area contributed by atoms with Gasteiger partial charge in [0.05, 0.1) is 13.5 Å². The Balaban J connectivity index is 4.57. The number of ether oxygens (including phenoxy) is 1. The van der Waals surface area contributed by atoms with Crippen LogP contribution in [-0.2, 0) is 14.3 Å². The molecule has 0 aliphatic carbocycles. The van der Waals surface area contributed by atoms with Crippen molar-refractivity contribution in [2.24, 2.45) is 23.5 Å². The normalized spacial score (nSPS) is 12.6. The first-order chi connectivity index (χ1) is 9.79. The molecule has 1 unspecified atom stereocenters. The van der Waals surface area contributed by atoms with Crippen molar-refractivity contribution in [3.8, 4) is 0 Å². The summed E-state index contributed by atoms with van der Waals surface area (Å²) in [6.45, 7) is 10.0. The summed E-state index contributed by atoms with van der Waals surface area (Å²) in [6.07, 6.45) is 1.66. The van der Waals surface area contributed by atoms with Crippen LogP contribution in [0.4, 0.5) is 0 Å². The summed E-state index contributed by atoms with van der Waals surface area (Å²) < 4.78 is 4.64. The molecule has 0 bridgehead atoms. The zero-order chi connectivity index (χ0) is 16.4. The Kier molecular flexibility index (Phi) is 10.0. The van der Waals surface area contributed by atoms with Gasteiger partial charge in [0.2, 0.25) is 5.91 Å². The molecule has 5 nitrogen and oxygen atoms in total. The molecule has 0 fully saturated rings. The second-order valence-corrected chi connectivity index (χ2v) is 6.50. The number of hydrogen-bond acceptors (Lipinski definition) is 4. The smallest absolute Gasteiger partial charge is 0.307 e. The Bertz CT molecular complexity index is 317.